The molecule has 1 atom stereocenters. The Morgan fingerprint density at radius 3 is 2.41 bits per heavy atom. The third-order valence-electron chi connectivity index (χ3n) is 4.20. The standard InChI is InChI=1S/C22H21N3O4/c26-20-11-8-18(13-24-20)22(28)25-14-21(27)23-12-16-6-9-19(10-7-16)29-15-17-4-2-1-3-5-17/h1-11,13,18H,12,14-15H2,(H,23,27)(H,25,28). The molecule has 7 nitrogen and oxygen atoms in total. The molecule has 0 aromatic heterocycles. The van der Waals surface area contributed by atoms with Crippen LogP contribution in [0.5, 0.6) is 5.75 Å². The van der Waals surface area contributed by atoms with Crippen LogP contribution < -0.4 is 15.4 Å². The second kappa shape index (κ2) is 9.98. The van der Waals surface area contributed by atoms with E-state index in [1.54, 1.807) is 0 Å². The summed E-state index contributed by atoms with van der Waals surface area (Å²) in [4.78, 5) is 38.4. The molecule has 0 radical (unpaired) electrons. The van der Waals surface area contributed by atoms with Gasteiger partial charge in [-0.15, -0.1) is 0 Å². The summed E-state index contributed by atoms with van der Waals surface area (Å²) in [5.41, 5.74) is 2.00. The first-order valence-electron chi connectivity index (χ1n) is 9.16. The molecule has 2 aromatic rings. The Morgan fingerprint density at radius 2 is 1.72 bits per heavy atom. The van der Waals surface area contributed by atoms with Crippen LogP contribution in [-0.4, -0.2) is 30.5 Å². The topological polar surface area (TPSA) is 96.9 Å². The summed E-state index contributed by atoms with van der Waals surface area (Å²) in [6.45, 7) is 0.682. The second-order valence-corrected chi connectivity index (χ2v) is 6.41. The summed E-state index contributed by atoms with van der Waals surface area (Å²) in [7, 11) is 0. The van der Waals surface area contributed by atoms with Crippen LogP contribution >= 0.6 is 0 Å². The molecule has 0 bridgehead atoms. The van der Waals surface area contributed by atoms with Gasteiger partial charge in [-0.1, -0.05) is 48.5 Å². The van der Waals surface area contributed by atoms with E-state index in [0.717, 1.165) is 16.9 Å². The lowest BCUT2D eigenvalue weighted by molar-refractivity contribution is -0.126. The first-order valence-corrected chi connectivity index (χ1v) is 9.16. The minimum absolute atomic E-state index is 0.150. The monoisotopic (exact) mass is 391 g/mol. The number of benzene rings is 2. The van der Waals surface area contributed by atoms with E-state index in [4.69, 9.17) is 4.74 Å². The maximum Gasteiger partial charge on any atom is 0.269 e. The lowest BCUT2D eigenvalue weighted by Gasteiger charge is -2.11. The molecule has 0 spiro atoms. The normalized spacial score (nSPS) is 15.0. The molecule has 29 heavy (non-hydrogen) atoms. The van der Waals surface area contributed by atoms with Crippen LogP contribution in [0.1, 0.15) is 11.1 Å². The third kappa shape index (κ3) is 6.42. The van der Waals surface area contributed by atoms with E-state index in [0.29, 0.717) is 13.2 Å². The number of nitrogens with zero attached hydrogens (tertiary/aromatic N) is 1. The van der Waals surface area contributed by atoms with Gasteiger partial charge in [0.1, 0.15) is 12.4 Å². The molecule has 1 heterocycles. The molecule has 0 saturated carbocycles. The van der Waals surface area contributed by atoms with Gasteiger partial charge in [-0.3, -0.25) is 14.4 Å². The molecular weight excluding hydrogens is 370 g/mol. The predicted octanol–water partition coefficient (Wildman–Crippen LogP) is 1.78. The number of ether oxygens (including phenoxy) is 1. The van der Waals surface area contributed by atoms with Crippen molar-refractivity contribution in [1.82, 2.24) is 10.6 Å². The van der Waals surface area contributed by atoms with Gasteiger partial charge >= 0.3 is 0 Å². The lowest BCUT2D eigenvalue weighted by Crippen LogP contribution is -2.39. The molecule has 0 aliphatic carbocycles. The Hall–Kier alpha value is -3.74. The van der Waals surface area contributed by atoms with Crippen LogP contribution in [0.15, 0.2) is 71.7 Å². The van der Waals surface area contributed by atoms with Gasteiger partial charge in [0.05, 0.1) is 12.5 Å². The van der Waals surface area contributed by atoms with E-state index < -0.39 is 11.8 Å². The van der Waals surface area contributed by atoms with Crippen molar-refractivity contribution < 1.29 is 19.1 Å². The van der Waals surface area contributed by atoms with Gasteiger partial charge < -0.3 is 15.4 Å². The zero-order valence-electron chi connectivity index (χ0n) is 15.7. The predicted molar refractivity (Wildman–Crippen MR) is 108 cm³/mol. The van der Waals surface area contributed by atoms with E-state index in [1.807, 2.05) is 54.6 Å². The number of carbonyl (C=O) groups is 3. The molecule has 1 aliphatic rings. The Kier molecular flexibility index (Phi) is 6.89. The minimum Gasteiger partial charge on any atom is -0.489 e. The van der Waals surface area contributed by atoms with Gasteiger partial charge in [-0.05, 0) is 23.3 Å². The summed E-state index contributed by atoms with van der Waals surface area (Å²) < 4.78 is 5.73. The highest BCUT2D eigenvalue weighted by Crippen LogP contribution is 2.14. The average Bonchev–Trinajstić information content (AvgIpc) is 2.76. The summed E-state index contributed by atoms with van der Waals surface area (Å²) in [6.07, 6.45) is 3.94. The highest BCUT2D eigenvalue weighted by Gasteiger charge is 2.17. The molecule has 0 fully saturated rings. The summed E-state index contributed by atoms with van der Waals surface area (Å²) in [5.74, 6) is -0.979. The number of rotatable bonds is 8. The van der Waals surface area contributed by atoms with Crippen molar-refractivity contribution in [1.29, 1.82) is 0 Å². The molecule has 148 valence electrons. The average molecular weight is 391 g/mol. The van der Waals surface area contributed by atoms with Gasteiger partial charge in [0.25, 0.3) is 5.91 Å². The van der Waals surface area contributed by atoms with Crippen LogP contribution in [-0.2, 0) is 27.5 Å². The van der Waals surface area contributed by atoms with Crippen molar-refractivity contribution in [2.45, 2.75) is 13.2 Å². The Morgan fingerprint density at radius 1 is 0.966 bits per heavy atom. The van der Waals surface area contributed by atoms with Crippen LogP contribution in [0, 0.1) is 5.92 Å². The minimum atomic E-state index is -0.635. The molecule has 0 saturated heterocycles. The number of hydrogen-bond acceptors (Lipinski definition) is 4. The van der Waals surface area contributed by atoms with Crippen molar-refractivity contribution in [2.24, 2.45) is 10.9 Å². The summed E-state index contributed by atoms with van der Waals surface area (Å²) in [5, 5.41) is 5.26. The van der Waals surface area contributed by atoms with Crippen LogP contribution in [0.3, 0.4) is 0 Å². The highest BCUT2D eigenvalue weighted by atomic mass is 16.5. The molecule has 7 heteroatoms. The van der Waals surface area contributed by atoms with E-state index in [9.17, 15) is 14.4 Å². The second-order valence-electron chi connectivity index (χ2n) is 6.41. The molecule has 2 N–H and O–H groups in total. The van der Waals surface area contributed by atoms with E-state index in [2.05, 4.69) is 15.6 Å². The lowest BCUT2D eigenvalue weighted by atomic mass is 10.1. The summed E-state index contributed by atoms with van der Waals surface area (Å²) in [6, 6.07) is 17.3. The zero-order valence-corrected chi connectivity index (χ0v) is 15.7. The molecule has 1 unspecified atom stereocenters. The number of dihydropyridines is 1. The number of amides is 3. The molecular formula is C22H21N3O4. The fraction of sp³-hybridized carbons (Fsp3) is 0.182. The van der Waals surface area contributed by atoms with Crippen LogP contribution in [0.25, 0.3) is 0 Å². The number of nitrogens with one attached hydrogen (secondary N) is 2. The quantitative estimate of drug-likeness (QED) is 0.717. The van der Waals surface area contributed by atoms with Crippen molar-refractivity contribution in [3.05, 3.63) is 77.9 Å². The van der Waals surface area contributed by atoms with Gasteiger partial charge in [0, 0.05) is 18.8 Å². The number of hydrogen-bond donors (Lipinski definition) is 2. The number of carbonyl (C=O) groups excluding carboxylic acids is 3. The van der Waals surface area contributed by atoms with Crippen molar-refractivity contribution >= 4 is 23.9 Å². The maximum absolute atomic E-state index is 11.9. The first kappa shape index (κ1) is 20.0. The fourth-order valence-corrected chi connectivity index (χ4v) is 2.58. The number of aliphatic imine (C=N–C) groups is 1. The zero-order chi connectivity index (χ0) is 20.5. The summed E-state index contributed by atoms with van der Waals surface area (Å²) >= 11 is 0. The maximum atomic E-state index is 11.9. The molecule has 3 amide bonds. The van der Waals surface area contributed by atoms with Gasteiger partial charge in [0.2, 0.25) is 11.8 Å². The third-order valence-corrected chi connectivity index (χ3v) is 4.20. The Balaban J connectivity index is 1.37. The van der Waals surface area contributed by atoms with Crippen molar-refractivity contribution in [3.8, 4) is 5.75 Å². The largest absolute Gasteiger partial charge is 0.489 e. The van der Waals surface area contributed by atoms with Crippen LogP contribution in [0.4, 0.5) is 0 Å². The van der Waals surface area contributed by atoms with Crippen molar-refractivity contribution in [2.75, 3.05) is 6.54 Å². The smallest absolute Gasteiger partial charge is 0.269 e. The van der Waals surface area contributed by atoms with E-state index in [1.165, 1.54) is 18.4 Å². The van der Waals surface area contributed by atoms with Gasteiger partial charge in [0.15, 0.2) is 0 Å². The molecule has 1 aliphatic heterocycles. The van der Waals surface area contributed by atoms with Crippen LogP contribution in [0.2, 0.25) is 0 Å². The highest BCUT2D eigenvalue weighted by molar-refractivity contribution is 6.05. The Bertz CT molecular complexity index is 905. The van der Waals surface area contributed by atoms with Gasteiger partial charge in [-0.25, -0.2) is 4.99 Å². The first-order chi connectivity index (χ1) is 14.1. The van der Waals surface area contributed by atoms with Gasteiger partial charge in [-0.2, -0.15) is 0 Å². The molecule has 3 rings (SSSR count). The van der Waals surface area contributed by atoms with E-state index in [-0.39, 0.29) is 18.4 Å². The SMILES string of the molecule is O=C1C=CC(C(=O)NCC(=O)NCc2ccc(OCc3ccccc3)cc2)C=N1. The Labute approximate surface area is 168 Å². The fourth-order valence-electron chi connectivity index (χ4n) is 2.58. The van der Waals surface area contributed by atoms with Crippen molar-refractivity contribution in [3.63, 3.8) is 0 Å². The van der Waals surface area contributed by atoms with E-state index >= 15 is 0 Å². The molecule has 2 aromatic carbocycles.